The van der Waals surface area contributed by atoms with Crippen LogP contribution < -0.4 is 0 Å². The van der Waals surface area contributed by atoms with Crippen molar-refractivity contribution in [1.29, 1.82) is 0 Å². The molecule has 1 atom stereocenters. The van der Waals surface area contributed by atoms with E-state index in [1.807, 2.05) is 0 Å². The maximum absolute atomic E-state index is 2.42. The summed E-state index contributed by atoms with van der Waals surface area (Å²) in [5, 5.41) is 0. The van der Waals surface area contributed by atoms with Gasteiger partial charge in [-0.15, -0.1) is 0 Å². The monoisotopic (exact) mass is 151 g/mol. The molecule has 0 aromatic heterocycles. The molecule has 0 aromatic rings. The number of hydrogen-bond donors (Lipinski definition) is 0. The molecular formula is C11H19. The molecule has 0 aliphatic heterocycles. The summed E-state index contributed by atoms with van der Waals surface area (Å²) in [6.07, 6.45) is 15.3. The Morgan fingerprint density at radius 1 is 1.45 bits per heavy atom. The van der Waals surface area contributed by atoms with Crippen LogP contribution in [0.4, 0.5) is 0 Å². The molecule has 0 heteroatoms. The zero-order chi connectivity index (χ0) is 7.94. The lowest BCUT2D eigenvalue weighted by Gasteiger charge is -2.08. The number of unbranched alkanes of at least 4 members (excludes halogenated alkanes) is 1. The van der Waals surface area contributed by atoms with E-state index in [1.165, 1.54) is 38.5 Å². The molecule has 1 unspecified atom stereocenters. The van der Waals surface area contributed by atoms with Crippen molar-refractivity contribution in [2.75, 3.05) is 0 Å². The molecule has 0 saturated carbocycles. The zero-order valence-corrected chi connectivity index (χ0v) is 7.55. The summed E-state index contributed by atoms with van der Waals surface area (Å²) in [6, 6.07) is 0. The fourth-order valence-electron chi connectivity index (χ4n) is 1.63. The van der Waals surface area contributed by atoms with Crippen LogP contribution in [0.2, 0.25) is 0 Å². The van der Waals surface area contributed by atoms with Gasteiger partial charge < -0.3 is 0 Å². The van der Waals surface area contributed by atoms with Gasteiger partial charge in [-0.05, 0) is 38.0 Å². The molecule has 0 aromatic carbocycles. The van der Waals surface area contributed by atoms with Crippen molar-refractivity contribution in [3.05, 3.63) is 18.6 Å². The van der Waals surface area contributed by atoms with Crippen LogP contribution in [0.5, 0.6) is 0 Å². The van der Waals surface area contributed by atoms with Gasteiger partial charge in [-0.25, -0.2) is 0 Å². The average molecular weight is 151 g/mol. The van der Waals surface area contributed by atoms with Crippen LogP contribution in [0.1, 0.15) is 45.4 Å². The molecule has 1 aliphatic carbocycles. The second-order valence-corrected chi connectivity index (χ2v) is 3.41. The first kappa shape index (κ1) is 8.83. The Labute approximate surface area is 70.7 Å². The zero-order valence-electron chi connectivity index (χ0n) is 7.55. The van der Waals surface area contributed by atoms with Gasteiger partial charge in [-0.1, -0.05) is 31.9 Å². The highest BCUT2D eigenvalue weighted by molar-refractivity contribution is 4.92. The molecule has 11 heavy (non-hydrogen) atoms. The largest absolute Gasteiger partial charge is 0.0883 e. The third-order valence-electron chi connectivity index (χ3n) is 2.36. The molecule has 0 nitrogen and oxygen atoms in total. The van der Waals surface area contributed by atoms with Crippen molar-refractivity contribution >= 4 is 0 Å². The Bertz CT molecular complexity index is 113. The maximum atomic E-state index is 2.42. The maximum Gasteiger partial charge on any atom is -0.0231 e. The predicted molar refractivity (Wildman–Crippen MR) is 50.3 cm³/mol. The third kappa shape index (κ3) is 3.60. The van der Waals surface area contributed by atoms with Gasteiger partial charge in [0.15, 0.2) is 0 Å². The fraction of sp³-hybridized carbons (Fsp3) is 0.727. The lowest BCUT2D eigenvalue weighted by Crippen LogP contribution is -1.94. The van der Waals surface area contributed by atoms with E-state index in [-0.39, 0.29) is 0 Å². The minimum atomic E-state index is 0.859. The smallest absolute Gasteiger partial charge is 0.0231 e. The summed E-state index contributed by atoms with van der Waals surface area (Å²) in [7, 11) is 0. The molecule has 1 rings (SSSR count). The molecule has 0 amide bonds. The van der Waals surface area contributed by atoms with Gasteiger partial charge in [0.25, 0.3) is 0 Å². The summed E-state index contributed by atoms with van der Waals surface area (Å²) >= 11 is 0. The van der Waals surface area contributed by atoms with Crippen molar-refractivity contribution in [3.63, 3.8) is 0 Å². The third-order valence-corrected chi connectivity index (χ3v) is 2.36. The Kier molecular flexibility index (Phi) is 4.33. The van der Waals surface area contributed by atoms with Crippen molar-refractivity contribution in [2.24, 2.45) is 5.92 Å². The summed E-state index contributed by atoms with van der Waals surface area (Å²) in [4.78, 5) is 0. The second kappa shape index (κ2) is 5.40. The molecule has 0 saturated heterocycles. The lowest BCUT2D eigenvalue weighted by atomic mass is 9.97. The first-order chi connectivity index (χ1) is 5.43. The van der Waals surface area contributed by atoms with Crippen molar-refractivity contribution in [2.45, 2.75) is 45.4 Å². The molecule has 63 valence electrons. The SMILES string of the molecule is CC[CH]CC1C=CCCCC1. The van der Waals surface area contributed by atoms with Gasteiger partial charge >= 0.3 is 0 Å². The first-order valence-corrected chi connectivity index (χ1v) is 4.92. The lowest BCUT2D eigenvalue weighted by molar-refractivity contribution is 0.549. The predicted octanol–water partition coefficient (Wildman–Crippen LogP) is 3.74. The van der Waals surface area contributed by atoms with Crippen molar-refractivity contribution in [1.82, 2.24) is 0 Å². The normalized spacial score (nSPS) is 25.0. The van der Waals surface area contributed by atoms with E-state index in [1.54, 1.807) is 0 Å². The molecular weight excluding hydrogens is 132 g/mol. The summed E-state index contributed by atoms with van der Waals surface area (Å²) in [5.41, 5.74) is 0. The number of hydrogen-bond acceptors (Lipinski definition) is 0. The Hall–Kier alpha value is -0.260. The summed E-state index contributed by atoms with van der Waals surface area (Å²) in [5.74, 6) is 0.859. The van der Waals surface area contributed by atoms with Gasteiger partial charge in [0, 0.05) is 0 Å². The molecule has 0 fully saturated rings. The number of allylic oxidation sites excluding steroid dienone is 2. The molecule has 0 N–H and O–H groups in total. The van der Waals surface area contributed by atoms with E-state index < -0.39 is 0 Å². The highest BCUT2D eigenvalue weighted by atomic mass is 14.1. The van der Waals surface area contributed by atoms with Crippen LogP contribution in [-0.2, 0) is 0 Å². The van der Waals surface area contributed by atoms with Crippen LogP contribution in [-0.4, -0.2) is 0 Å². The summed E-state index contributed by atoms with van der Waals surface area (Å²) < 4.78 is 0. The fourth-order valence-corrected chi connectivity index (χ4v) is 1.63. The second-order valence-electron chi connectivity index (χ2n) is 3.41. The first-order valence-electron chi connectivity index (χ1n) is 4.92. The van der Waals surface area contributed by atoms with Crippen LogP contribution in [0.25, 0.3) is 0 Å². The molecule has 0 bridgehead atoms. The van der Waals surface area contributed by atoms with E-state index >= 15 is 0 Å². The molecule has 1 radical (unpaired) electrons. The van der Waals surface area contributed by atoms with Gasteiger partial charge in [0.1, 0.15) is 0 Å². The van der Waals surface area contributed by atoms with E-state index in [0.717, 1.165) is 5.92 Å². The highest BCUT2D eigenvalue weighted by Crippen LogP contribution is 2.21. The van der Waals surface area contributed by atoms with Crippen LogP contribution >= 0.6 is 0 Å². The van der Waals surface area contributed by atoms with Gasteiger partial charge in [0.05, 0.1) is 0 Å². The minimum absolute atomic E-state index is 0.859. The molecule has 0 spiro atoms. The van der Waals surface area contributed by atoms with Crippen molar-refractivity contribution < 1.29 is 0 Å². The van der Waals surface area contributed by atoms with E-state index in [0.29, 0.717) is 0 Å². The Morgan fingerprint density at radius 3 is 3.18 bits per heavy atom. The van der Waals surface area contributed by atoms with Crippen LogP contribution in [0.15, 0.2) is 12.2 Å². The van der Waals surface area contributed by atoms with E-state index in [2.05, 4.69) is 25.5 Å². The summed E-state index contributed by atoms with van der Waals surface area (Å²) in [6.45, 7) is 2.22. The Morgan fingerprint density at radius 2 is 2.36 bits per heavy atom. The molecule has 0 heterocycles. The topological polar surface area (TPSA) is 0 Å². The standard InChI is InChI=1S/C11H19/c1-2-3-8-11-9-6-4-5-7-10-11/h3,6,9,11H,2,4-5,7-8,10H2,1H3. The van der Waals surface area contributed by atoms with E-state index in [4.69, 9.17) is 0 Å². The number of rotatable bonds is 3. The van der Waals surface area contributed by atoms with Crippen LogP contribution in [0, 0.1) is 12.3 Å². The minimum Gasteiger partial charge on any atom is -0.0883 e. The van der Waals surface area contributed by atoms with E-state index in [9.17, 15) is 0 Å². The average Bonchev–Trinajstić information content (AvgIpc) is 2.28. The van der Waals surface area contributed by atoms with Gasteiger partial charge in [-0.2, -0.15) is 0 Å². The van der Waals surface area contributed by atoms with Crippen LogP contribution in [0.3, 0.4) is 0 Å². The van der Waals surface area contributed by atoms with Crippen molar-refractivity contribution in [3.8, 4) is 0 Å². The quantitative estimate of drug-likeness (QED) is 0.539. The highest BCUT2D eigenvalue weighted by Gasteiger charge is 2.05. The van der Waals surface area contributed by atoms with Gasteiger partial charge in [-0.3, -0.25) is 0 Å². The van der Waals surface area contributed by atoms with Gasteiger partial charge in [0.2, 0.25) is 0 Å². The molecule has 1 aliphatic rings. The Balaban J connectivity index is 2.19.